The number of ether oxygens (including phenoxy) is 1. The van der Waals surface area contributed by atoms with Crippen molar-refractivity contribution in [1.29, 1.82) is 0 Å². The summed E-state index contributed by atoms with van der Waals surface area (Å²) in [6.07, 6.45) is 1.74. The van der Waals surface area contributed by atoms with Crippen molar-refractivity contribution in [2.24, 2.45) is 5.10 Å². The van der Waals surface area contributed by atoms with Crippen LogP contribution in [0.3, 0.4) is 0 Å². The summed E-state index contributed by atoms with van der Waals surface area (Å²) in [4.78, 5) is 4.53. The Hall–Kier alpha value is -2.59. The third kappa shape index (κ3) is 3.60. The summed E-state index contributed by atoms with van der Waals surface area (Å²) in [5.41, 5.74) is 5.92. The summed E-state index contributed by atoms with van der Waals surface area (Å²) < 4.78 is 5.13. The van der Waals surface area contributed by atoms with Crippen molar-refractivity contribution in [3.63, 3.8) is 0 Å². The SMILES string of the molecule is COc1ccc(/C=N/Nc2cc(C)c3cc(Cl)ccc3n2)cc1. The highest BCUT2D eigenvalue weighted by Gasteiger charge is 2.03. The zero-order valence-corrected chi connectivity index (χ0v) is 13.6. The van der Waals surface area contributed by atoms with Gasteiger partial charge in [-0.15, -0.1) is 0 Å². The number of aryl methyl sites for hydroxylation is 1. The number of methoxy groups -OCH3 is 1. The van der Waals surface area contributed by atoms with Crippen molar-refractivity contribution in [2.75, 3.05) is 12.5 Å². The van der Waals surface area contributed by atoms with Gasteiger partial charge in [0, 0.05) is 10.4 Å². The van der Waals surface area contributed by atoms with Crippen molar-refractivity contribution in [3.05, 3.63) is 64.7 Å². The molecule has 0 aliphatic carbocycles. The van der Waals surface area contributed by atoms with Crippen LogP contribution in [0.25, 0.3) is 10.9 Å². The van der Waals surface area contributed by atoms with E-state index in [0.29, 0.717) is 10.8 Å². The monoisotopic (exact) mass is 325 g/mol. The van der Waals surface area contributed by atoms with E-state index in [0.717, 1.165) is 27.8 Å². The molecule has 0 fully saturated rings. The Bertz CT molecular complexity index is 860. The number of hydrogen-bond acceptors (Lipinski definition) is 4. The highest BCUT2D eigenvalue weighted by Crippen LogP contribution is 2.23. The largest absolute Gasteiger partial charge is 0.497 e. The third-order valence-corrected chi connectivity index (χ3v) is 3.72. The van der Waals surface area contributed by atoms with Crippen LogP contribution in [0.15, 0.2) is 53.6 Å². The Kier molecular flexibility index (Phi) is 4.44. The van der Waals surface area contributed by atoms with Crippen LogP contribution >= 0.6 is 11.6 Å². The topological polar surface area (TPSA) is 46.5 Å². The average molecular weight is 326 g/mol. The average Bonchev–Trinajstić information content (AvgIpc) is 2.56. The Morgan fingerprint density at radius 2 is 1.91 bits per heavy atom. The molecular formula is C18H16ClN3O. The molecule has 0 bridgehead atoms. The molecule has 1 heterocycles. The summed E-state index contributed by atoms with van der Waals surface area (Å²) in [7, 11) is 1.64. The number of nitrogens with zero attached hydrogens (tertiary/aromatic N) is 2. The van der Waals surface area contributed by atoms with Gasteiger partial charge in [0.25, 0.3) is 0 Å². The molecule has 0 atom stereocenters. The zero-order valence-electron chi connectivity index (χ0n) is 12.9. The highest BCUT2D eigenvalue weighted by molar-refractivity contribution is 6.31. The molecule has 0 saturated heterocycles. The van der Waals surface area contributed by atoms with Gasteiger partial charge in [-0.2, -0.15) is 5.10 Å². The second kappa shape index (κ2) is 6.67. The predicted molar refractivity (Wildman–Crippen MR) is 95.7 cm³/mol. The molecule has 0 spiro atoms. The molecule has 1 aromatic heterocycles. The maximum absolute atomic E-state index is 6.03. The minimum absolute atomic E-state index is 0.696. The maximum Gasteiger partial charge on any atom is 0.147 e. The van der Waals surface area contributed by atoms with Gasteiger partial charge in [-0.1, -0.05) is 11.6 Å². The Morgan fingerprint density at radius 3 is 2.65 bits per heavy atom. The van der Waals surface area contributed by atoms with Crippen LogP contribution in [0.1, 0.15) is 11.1 Å². The molecule has 0 radical (unpaired) electrons. The molecule has 116 valence electrons. The van der Waals surface area contributed by atoms with Crippen LogP contribution in [0.5, 0.6) is 5.75 Å². The smallest absolute Gasteiger partial charge is 0.147 e. The fourth-order valence-corrected chi connectivity index (χ4v) is 2.46. The number of aromatic nitrogens is 1. The Balaban J connectivity index is 1.78. The first-order valence-corrected chi connectivity index (χ1v) is 7.53. The van der Waals surface area contributed by atoms with E-state index < -0.39 is 0 Å². The molecule has 0 aliphatic rings. The van der Waals surface area contributed by atoms with Crippen LogP contribution in [-0.2, 0) is 0 Å². The number of anilines is 1. The number of nitrogens with one attached hydrogen (secondary N) is 1. The van der Waals surface area contributed by atoms with Gasteiger partial charge in [0.15, 0.2) is 0 Å². The first kappa shape index (κ1) is 15.3. The van der Waals surface area contributed by atoms with Gasteiger partial charge in [0.05, 0.1) is 18.8 Å². The van der Waals surface area contributed by atoms with E-state index in [9.17, 15) is 0 Å². The molecule has 0 aliphatic heterocycles. The lowest BCUT2D eigenvalue weighted by atomic mass is 10.1. The van der Waals surface area contributed by atoms with Gasteiger partial charge < -0.3 is 4.74 Å². The molecule has 4 nitrogen and oxygen atoms in total. The van der Waals surface area contributed by atoms with Gasteiger partial charge in [0.2, 0.25) is 0 Å². The van der Waals surface area contributed by atoms with Crippen LogP contribution in [0.4, 0.5) is 5.82 Å². The molecule has 5 heteroatoms. The summed E-state index contributed by atoms with van der Waals surface area (Å²) in [6.45, 7) is 2.03. The van der Waals surface area contributed by atoms with Gasteiger partial charge in [-0.05, 0) is 66.6 Å². The van der Waals surface area contributed by atoms with Gasteiger partial charge in [-0.3, -0.25) is 5.43 Å². The van der Waals surface area contributed by atoms with Gasteiger partial charge >= 0.3 is 0 Å². The van der Waals surface area contributed by atoms with Crippen molar-refractivity contribution in [2.45, 2.75) is 6.92 Å². The summed E-state index contributed by atoms with van der Waals surface area (Å²) in [5, 5.41) is 5.98. The van der Waals surface area contributed by atoms with E-state index in [-0.39, 0.29) is 0 Å². The van der Waals surface area contributed by atoms with E-state index >= 15 is 0 Å². The van der Waals surface area contributed by atoms with E-state index in [1.165, 1.54) is 0 Å². The molecule has 0 saturated carbocycles. The van der Waals surface area contributed by atoms with Crippen LogP contribution < -0.4 is 10.2 Å². The second-order valence-corrected chi connectivity index (χ2v) is 5.57. The number of fused-ring (bicyclic) bond motifs is 1. The van der Waals surface area contributed by atoms with E-state index in [2.05, 4.69) is 15.5 Å². The summed E-state index contributed by atoms with van der Waals surface area (Å²) in [6, 6.07) is 15.3. The first-order chi connectivity index (χ1) is 11.2. The zero-order chi connectivity index (χ0) is 16.2. The quantitative estimate of drug-likeness (QED) is 0.561. The van der Waals surface area contributed by atoms with Crippen molar-refractivity contribution < 1.29 is 4.74 Å². The van der Waals surface area contributed by atoms with Gasteiger partial charge in [0.1, 0.15) is 11.6 Å². The lowest BCUT2D eigenvalue weighted by Gasteiger charge is -2.06. The maximum atomic E-state index is 6.03. The van der Waals surface area contributed by atoms with Gasteiger partial charge in [-0.25, -0.2) is 4.98 Å². The van der Waals surface area contributed by atoms with E-state index in [1.54, 1.807) is 13.3 Å². The lowest BCUT2D eigenvalue weighted by Crippen LogP contribution is -1.95. The van der Waals surface area contributed by atoms with Crippen LogP contribution in [-0.4, -0.2) is 18.3 Å². The normalized spacial score (nSPS) is 11.1. The number of hydrazone groups is 1. The molecule has 3 rings (SSSR count). The van der Waals surface area contributed by atoms with Crippen LogP contribution in [0, 0.1) is 6.92 Å². The fourth-order valence-electron chi connectivity index (χ4n) is 2.29. The third-order valence-electron chi connectivity index (χ3n) is 3.49. The number of halogens is 1. The van der Waals surface area contributed by atoms with E-state index in [4.69, 9.17) is 16.3 Å². The Morgan fingerprint density at radius 1 is 1.13 bits per heavy atom. The highest BCUT2D eigenvalue weighted by atomic mass is 35.5. The number of rotatable bonds is 4. The predicted octanol–water partition coefficient (Wildman–Crippen LogP) is 4.65. The summed E-state index contributed by atoms with van der Waals surface area (Å²) >= 11 is 6.03. The lowest BCUT2D eigenvalue weighted by molar-refractivity contribution is 0.415. The fraction of sp³-hybridized carbons (Fsp3) is 0.111. The number of hydrogen-bond donors (Lipinski definition) is 1. The molecule has 0 amide bonds. The summed E-state index contributed by atoms with van der Waals surface area (Å²) in [5.74, 6) is 1.52. The Labute approximate surface area is 139 Å². The number of pyridine rings is 1. The van der Waals surface area contributed by atoms with E-state index in [1.807, 2.05) is 55.5 Å². The van der Waals surface area contributed by atoms with Crippen molar-refractivity contribution >= 4 is 34.5 Å². The first-order valence-electron chi connectivity index (χ1n) is 7.16. The second-order valence-electron chi connectivity index (χ2n) is 5.13. The molecular weight excluding hydrogens is 310 g/mol. The molecule has 3 aromatic rings. The molecule has 1 N–H and O–H groups in total. The van der Waals surface area contributed by atoms with Crippen molar-refractivity contribution in [1.82, 2.24) is 4.98 Å². The molecule has 0 unspecified atom stereocenters. The molecule has 23 heavy (non-hydrogen) atoms. The standard InChI is InChI=1S/C18H16ClN3O/c1-12-9-18(21-17-8-5-14(19)10-16(12)17)22-20-11-13-3-6-15(23-2)7-4-13/h3-11H,1-2H3,(H,21,22)/b20-11+. The van der Waals surface area contributed by atoms with Crippen molar-refractivity contribution in [3.8, 4) is 5.75 Å². The van der Waals surface area contributed by atoms with Crippen LogP contribution in [0.2, 0.25) is 5.02 Å². The molecule has 2 aromatic carbocycles. The minimum atomic E-state index is 0.696. The minimum Gasteiger partial charge on any atom is -0.497 e. The number of benzene rings is 2.